The van der Waals surface area contributed by atoms with Crippen molar-refractivity contribution < 1.29 is 9.13 Å². The zero-order valence-corrected chi connectivity index (χ0v) is 12.6. The van der Waals surface area contributed by atoms with Gasteiger partial charge in [-0.15, -0.1) is 0 Å². The van der Waals surface area contributed by atoms with Crippen molar-refractivity contribution in [2.75, 3.05) is 0 Å². The number of hydrogen-bond donors (Lipinski definition) is 1. The molecule has 0 aromatic heterocycles. The van der Waals surface area contributed by atoms with E-state index in [1.165, 1.54) is 6.07 Å². The topological polar surface area (TPSA) is 35.2 Å². The van der Waals surface area contributed by atoms with Crippen molar-refractivity contribution in [1.82, 2.24) is 0 Å². The van der Waals surface area contributed by atoms with E-state index in [9.17, 15) is 4.39 Å². The van der Waals surface area contributed by atoms with Crippen molar-refractivity contribution in [3.8, 4) is 11.5 Å². The zero-order chi connectivity index (χ0) is 14.9. The fourth-order valence-electron chi connectivity index (χ4n) is 1.78. The summed E-state index contributed by atoms with van der Waals surface area (Å²) in [4.78, 5) is 0. The van der Waals surface area contributed by atoms with Gasteiger partial charge in [0, 0.05) is 17.7 Å². The highest BCUT2D eigenvalue weighted by atomic mass is 35.5. The lowest BCUT2D eigenvalue weighted by Gasteiger charge is -2.15. The molecule has 0 saturated carbocycles. The molecule has 0 spiro atoms. The summed E-state index contributed by atoms with van der Waals surface area (Å²) in [6.45, 7) is 3.44. The lowest BCUT2D eigenvalue weighted by atomic mass is 10.1. The Morgan fingerprint density at radius 3 is 2.45 bits per heavy atom. The first kappa shape index (κ1) is 15.1. The first-order valence-electron chi connectivity index (χ1n) is 6.07. The molecule has 0 saturated heterocycles. The number of hydrogen-bond acceptors (Lipinski definition) is 2. The van der Waals surface area contributed by atoms with Gasteiger partial charge in [0.05, 0.1) is 10.0 Å². The van der Waals surface area contributed by atoms with Gasteiger partial charge in [0.2, 0.25) is 0 Å². The van der Waals surface area contributed by atoms with Gasteiger partial charge in [-0.1, -0.05) is 23.2 Å². The maximum atomic E-state index is 13.6. The van der Waals surface area contributed by atoms with Crippen molar-refractivity contribution in [3.05, 3.63) is 57.3 Å². The molecule has 0 aliphatic rings. The molecule has 0 heterocycles. The summed E-state index contributed by atoms with van der Waals surface area (Å²) in [7, 11) is 0. The van der Waals surface area contributed by atoms with Gasteiger partial charge in [-0.3, -0.25) is 0 Å². The minimum atomic E-state index is -0.345. The third-order valence-electron chi connectivity index (χ3n) is 2.90. The number of aryl methyl sites for hydroxylation is 1. The molecule has 0 amide bonds. The lowest BCUT2D eigenvalue weighted by Crippen LogP contribution is -2.08. The minimum absolute atomic E-state index is 0.307. The van der Waals surface area contributed by atoms with Crippen molar-refractivity contribution in [3.63, 3.8) is 0 Å². The van der Waals surface area contributed by atoms with Crippen molar-refractivity contribution in [2.24, 2.45) is 5.73 Å². The quantitative estimate of drug-likeness (QED) is 0.839. The Morgan fingerprint density at radius 1 is 1.15 bits per heavy atom. The monoisotopic (exact) mass is 313 g/mol. The second-order valence-corrected chi connectivity index (χ2v) is 5.42. The summed E-state index contributed by atoms with van der Waals surface area (Å²) in [6.07, 6.45) is 0. The molecule has 106 valence electrons. The summed E-state index contributed by atoms with van der Waals surface area (Å²) in [5.41, 5.74) is 6.93. The van der Waals surface area contributed by atoms with Gasteiger partial charge in [-0.05, 0) is 43.7 Å². The van der Waals surface area contributed by atoms with Crippen LogP contribution in [0.25, 0.3) is 0 Å². The average molecular weight is 314 g/mol. The predicted molar refractivity (Wildman–Crippen MR) is 80.3 cm³/mol. The van der Waals surface area contributed by atoms with Gasteiger partial charge in [-0.25, -0.2) is 4.39 Å². The molecule has 2 nitrogen and oxygen atoms in total. The Balaban J connectivity index is 2.41. The third-order valence-corrected chi connectivity index (χ3v) is 3.64. The van der Waals surface area contributed by atoms with Crippen LogP contribution in [-0.2, 0) is 0 Å². The van der Waals surface area contributed by atoms with Crippen molar-refractivity contribution in [2.45, 2.75) is 19.9 Å². The molecule has 0 bridgehead atoms. The molecule has 0 unspecified atom stereocenters. The summed E-state index contributed by atoms with van der Waals surface area (Å²) in [5, 5.41) is 0.840. The fourth-order valence-corrected chi connectivity index (χ4v) is 2.07. The number of halogens is 3. The highest BCUT2D eigenvalue weighted by Crippen LogP contribution is 2.33. The van der Waals surface area contributed by atoms with E-state index in [0.717, 1.165) is 0 Å². The van der Waals surface area contributed by atoms with Crippen molar-refractivity contribution in [1.29, 1.82) is 0 Å². The van der Waals surface area contributed by atoms with Crippen LogP contribution in [0.1, 0.15) is 24.1 Å². The zero-order valence-electron chi connectivity index (χ0n) is 11.1. The molecular formula is C15H14Cl2FNO. The summed E-state index contributed by atoms with van der Waals surface area (Å²) >= 11 is 11.8. The van der Waals surface area contributed by atoms with Crippen LogP contribution >= 0.6 is 23.2 Å². The van der Waals surface area contributed by atoms with Crippen LogP contribution in [0.15, 0.2) is 30.3 Å². The number of nitrogens with two attached hydrogens (primary N) is 1. The Bertz CT molecular complexity index is 644. The van der Waals surface area contributed by atoms with E-state index >= 15 is 0 Å². The Kier molecular flexibility index (Phi) is 4.53. The smallest absolute Gasteiger partial charge is 0.132 e. The highest BCUT2D eigenvalue weighted by Gasteiger charge is 2.13. The summed E-state index contributed by atoms with van der Waals surface area (Å²) < 4.78 is 19.4. The second-order valence-electron chi connectivity index (χ2n) is 4.61. The van der Waals surface area contributed by atoms with E-state index in [0.29, 0.717) is 32.7 Å². The van der Waals surface area contributed by atoms with Crippen LogP contribution in [0.4, 0.5) is 4.39 Å². The van der Waals surface area contributed by atoms with Crippen LogP contribution in [0.2, 0.25) is 10.0 Å². The molecule has 2 N–H and O–H groups in total. The second kappa shape index (κ2) is 6.00. The lowest BCUT2D eigenvalue weighted by molar-refractivity contribution is 0.468. The Labute approximate surface area is 127 Å². The maximum Gasteiger partial charge on any atom is 0.132 e. The minimum Gasteiger partial charge on any atom is -0.457 e. The molecule has 1 atom stereocenters. The first-order valence-corrected chi connectivity index (χ1v) is 6.82. The largest absolute Gasteiger partial charge is 0.457 e. The normalized spacial score (nSPS) is 12.3. The molecule has 0 aliphatic heterocycles. The van der Waals surface area contributed by atoms with Crippen LogP contribution in [-0.4, -0.2) is 0 Å². The molecule has 2 aromatic carbocycles. The SMILES string of the molecule is Cc1cc(Oc2ccc(Cl)c(Cl)c2)c([C@@H](C)N)cc1F. The van der Waals surface area contributed by atoms with E-state index in [1.54, 1.807) is 38.1 Å². The molecule has 2 aromatic rings. The fraction of sp³-hybridized carbons (Fsp3) is 0.200. The van der Waals surface area contributed by atoms with Crippen LogP contribution in [0.3, 0.4) is 0 Å². The van der Waals surface area contributed by atoms with Gasteiger partial charge < -0.3 is 10.5 Å². The number of ether oxygens (including phenoxy) is 1. The van der Waals surface area contributed by atoms with E-state index in [-0.39, 0.29) is 11.9 Å². The average Bonchev–Trinajstić information content (AvgIpc) is 2.37. The molecule has 0 radical (unpaired) electrons. The molecule has 0 aliphatic carbocycles. The van der Waals surface area contributed by atoms with Gasteiger partial charge >= 0.3 is 0 Å². The maximum absolute atomic E-state index is 13.6. The molecule has 5 heteroatoms. The van der Waals surface area contributed by atoms with Gasteiger partial charge in [0.15, 0.2) is 0 Å². The number of rotatable bonds is 3. The van der Waals surface area contributed by atoms with E-state index in [4.69, 9.17) is 33.7 Å². The van der Waals surface area contributed by atoms with Gasteiger partial charge in [0.1, 0.15) is 17.3 Å². The summed E-state index contributed by atoms with van der Waals surface area (Å²) in [6, 6.07) is 7.61. The molecular weight excluding hydrogens is 300 g/mol. The number of benzene rings is 2. The Hall–Kier alpha value is -1.29. The van der Waals surface area contributed by atoms with Crippen molar-refractivity contribution >= 4 is 23.2 Å². The van der Waals surface area contributed by atoms with Gasteiger partial charge in [0.25, 0.3) is 0 Å². The van der Waals surface area contributed by atoms with E-state index in [1.807, 2.05) is 0 Å². The third kappa shape index (κ3) is 3.23. The molecule has 2 rings (SSSR count). The van der Waals surface area contributed by atoms with Crippen LogP contribution < -0.4 is 10.5 Å². The highest BCUT2D eigenvalue weighted by molar-refractivity contribution is 6.42. The standard InChI is InChI=1S/C15H14Cl2FNO/c1-8-5-15(11(9(2)19)7-14(8)18)20-10-3-4-12(16)13(17)6-10/h3-7,9H,19H2,1-2H3/t9-/m1/s1. The summed E-state index contributed by atoms with van der Waals surface area (Å²) in [5.74, 6) is 0.725. The van der Waals surface area contributed by atoms with E-state index in [2.05, 4.69) is 0 Å². The molecule has 0 fully saturated rings. The predicted octanol–water partition coefficient (Wildman–Crippen LogP) is 5.25. The first-order chi connectivity index (χ1) is 9.38. The van der Waals surface area contributed by atoms with E-state index < -0.39 is 0 Å². The Morgan fingerprint density at radius 2 is 1.85 bits per heavy atom. The van der Waals surface area contributed by atoms with Crippen LogP contribution in [0.5, 0.6) is 11.5 Å². The van der Waals surface area contributed by atoms with Crippen LogP contribution in [0, 0.1) is 12.7 Å². The van der Waals surface area contributed by atoms with Gasteiger partial charge in [-0.2, -0.15) is 0 Å². The molecule has 20 heavy (non-hydrogen) atoms.